The summed E-state index contributed by atoms with van der Waals surface area (Å²) in [5.41, 5.74) is 12.0. The molecule has 28 heavy (non-hydrogen) atoms. The molecule has 4 rings (SSSR count). The van der Waals surface area contributed by atoms with E-state index in [4.69, 9.17) is 15.7 Å². The first-order valence-corrected chi connectivity index (χ1v) is 10.6. The highest BCUT2D eigenvalue weighted by atomic mass is 16.1. The van der Waals surface area contributed by atoms with E-state index in [0.29, 0.717) is 11.7 Å². The number of amides is 1. The molecule has 1 aromatic heterocycles. The smallest absolute Gasteiger partial charge is 0.228 e. The van der Waals surface area contributed by atoms with Gasteiger partial charge in [-0.3, -0.25) is 4.79 Å². The number of hydrogen-bond donors (Lipinski definition) is 2. The van der Waals surface area contributed by atoms with Crippen molar-refractivity contribution in [3.05, 3.63) is 35.2 Å². The minimum Gasteiger partial charge on any atom is -0.399 e. The van der Waals surface area contributed by atoms with Crippen molar-refractivity contribution in [2.24, 2.45) is 11.8 Å². The van der Waals surface area contributed by atoms with E-state index in [9.17, 15) is 4.79 Å². The summed E-state index contributed by atoms with van der Waals surface area (Å²) in [6.07, 6.45) is 8.50. The van der Waals surface area contributed by atoms with Gasteiger partial charge in [0.2, 0.25) is 5.91 Å². The number of anilines is 2. The third kappa shape index (κ3) is 3.75. The van der Waals surface area contributed by atoms with Gasteiger partial charge in [0.05, 0.1) is 17.1 Å². The highest BCUT2D eigenvalue weighted by Crippen LogP contribution is 2.36. The zero-order valence-corrected chi connectivity index (χ0v) is 16.9. The van der Waals surface area contributed by atoms with Crippen LogP contribution in [0.25, 0.3) is 11.3 Å². The normalized spacial score (nSPS) is 17.1. The van der Waals surface area contributed by atoms with E-state index in [0.717, 1.165) is 54.0 Å². The zero-order chi connectivity index (χ0) is 19.7. The third-order valence-electron chi connectivity index (χ3n) is 6.31. The van der Waals surface area contributed by atoms with Gasteiger partial charge in [-0.15, -0.1) is 0 Å². The Morgan fingerprint density at radius 1 is 1.25 bits per heavy atom. The van der Waals surface area contributed by atoms with Crippen molar-refractivity contribution in [2.75, 3.05) is 11.1 Å². The lowest BCUT2D eigenvalue weighted by Crippen LogP contribution is -2.23. The molecule has 1 amide bonds. The Labute approximate surface area is 167 Å². The molecule has 1 saturated carbocycles. The maximum absolute atomic E-state index is 12.5. The molecule has 0 saturated heterocycles. The zero-order valence-electron chi connectivity index (χ0n) is 16.9. The fraction of sp³-hybridized carbons (Fsp3) is 0.522. The Morgan fingerprint density at radius 2 is 2.04 bits per heavy atom. The molecule has 1 fully saturated rings. The number of nitrogens with one attached hydrogen (secondary N) is 1. The van der Waals surface area contributed by atoms with Crippen LogP contribution >= 0.6 is 0 Å². The van der Waals surface area contributed by atoms with Crippen LogP contribution in [0.3, 0.4) is 0 Å². The van der Waals surface area contributed by atoms with Crippen LogP contribution in [0.1, 0.15) is 62.9 Å². The van der Waals surface area contributed by atoms with Crippen LogP contribution in [0, 0.1) is 11.8 Å². The van der Waals surface area contributed by atoms with Crippen molar-refractivity contribution in [1.29, 1.82) is 0 Å². The van der Waals surface area contributed by atoms with E-state index in [-0.39, 0.29) is 11.8 Å². The summed E-state index contributed by atoms with van der Waals surface area (Å²) in [5.74, 6) is 1.32. The van der Waals surface area contributed by atoms with E-state index >= 15 is 0 Å². The fourth-order valence-corrected chi connectivity index (χ4v) is 4.36. The van der Waals surface area contributed by atoms with Crippen LogP contribution < -0.4 is 11.1 Å². The number of rotatable bonds is 5. The molecule has 0 radical (unpaired) electrons. The molecule has 5 heteroatoms. The number of carbonyl (C=O) groups excluding carboxylic acids is 1. The lowest BCUT2D eigenvalue weighted by molar-refractivity contribution is -0.119. The standard InChI is InChI=1S/C23H30N4O/c1-3-14(2)23(28)27-22-20(12-15-6-4-5-7-15)25-21-18-10-9-17(24)13-16(18)8-11-19(21)26-22/h9-10,13-15H,3-8,11-12,24H2,1-2H3,(H,26,27,28). The number of aromatic nitrogens is 2. The second-order valence-corrected chi connectivity index (χ2v) is 8.38. The average Bonchev–Trinajstić information content (AvgIpc) is 3.20. The first-order valence-electron chi connectivity index (χ1n) is 10.6. The van der Waals surface area contributed by atoms with Gasteiger partial charge in [-0.05, 0) is 49.3 Å². The van der Waals surface area contributed by atoms with Crippen molar-refractivity contribution in [3.63, 3.8) is 0 Å². The number of nitrogen functional groups attached to an aromatic ring is 1. The van der Waals surface area contributed by atoms with Crippen LogP contribution in [-0.4, -0.2) is 15.9 Å². The van der Waals surface area contributed by atoms with Crippen molar-refractivity contribution in [3.8, 4) is 11.3 Å². The molecule has 1 aromatic carbocycles. The van der Waals surface area contributed by atoms with E-state index in [1.807, 2.05) is 19.9 Å². The number of nitrogens with two attached hydrogens (primary N) is 1. The largest absolute Gasteiger partial charge is 0.399 e. The molecule has 148 valence electrons. The molecule has 0 aliphatic heterocycles. The summed E-state index contributed by atoms with van der Waals surface area (Å²) in [5, 5.41) is 3.09. The molecule has 1 unspecified atom stereocenters. The fourth-order valence-electron chi connectivity index (χ4n) is 4.36. The van der Waals surface area contributed by atoms with Crippen LogP contribution in [-0.2, 0) is 24.1 Å². The Hall–Kier alpha value is -2.43. The first-order chi connectivity index (χ1) is 13.5. The van der Waals surface area contributed by atoms with Crippen molar-refractivity contribution < 1.29 is 4.79 Å². The molecule has 2 aromatic rings. The van der Waals surface area contributed by atoms with Crippen LogP contribution in [0.5, 0.6) is 0 Å². The summed E-state index contributed by atoms with van der Waals surface area (Å²) in [4.78, 5) is 22.5. The van der Waals surface area contributed by atoms with Gasteiger partial charge in [-0.2, -0.15) is 0 Å². The summed E-state index contributed by atoms with van der Waals surface area (Å²) < 4.78 is 0. The van der Waals surface area contributed by atoms with Crippen molar-refractivity contribution in [1.82, 2.24) is 9.97 Å². The number of fused-ring (bicyclic) bond motifs is 3. The third-order valence-corrected chi connectivity index (χ3v) is 6.31. The summed E-state index contributed by atoms with van der Waals surface area (Å²) in [7, 11) is 0. The van der Waals surface area contributed by atoms with Gasteiger partial charge in [0, 0.05) is 17.2 Å². The van der Waals surface area contributed by atoms with Crippen LogP contribution in [0.2, 0.25) is 0 Å². The summed E-state index contributed by atoms with van der Waals surface area (Å²) in [6, 6.07) is 6.05. The van der Waals surface area contributed by atoms with Gasteiger partial charge in [0.1, 0.15) is 0 Å². The highest BCUT2D eigenvalue weighted by Gasteiger charge is 2.25. The molecule has 2 aliphatic rings. The molecule has 0 spiro atoms. The lowest BCUT2D eigenvalue weighted by Gasteiger charge is -2.22. The average molecular weight is 379 g/mol. The Bertz CT molecular complexity index is 886. The molecule has 2 aliphatic carbocycles. The molecule has 5 nitrogen and oxygen atoms in total. The SMILES string of the molecule is CCC(C)C(=O)Nc1nc2c(nc1CC1CCCC1)-c1ccc(N)cc1CC2. The second-order valence-electron chi connectivity index (χ2n) is 8.38. The molecule has 3 N–H and O–H groups in total. The quantitative estimate of drug-likeness (QED) is 0.748. The minimum atomic E-state index is -0.0270. The summed E-state index contributed by atoms with van der Waals surface area (Å²) >= 11 is 0. The van der Waals surface area contributed by atoms with E-state index in [1.165, 1.54) is 31.2 Å². The Balaban J connectivity index is 1.73. The van der Waals surface area contributed by atoms with Crippen molar-refractivity contribution >= 4 is 17.4 Å². The van der Waals surface area contributed by atoms with E-state index in [1.54, 1.807) is 0 Å². The van der Waals surface area contributed by atoms with Gasteiger partial charge in [0.25, 0.3) is 0 Å². The van der Waals surface area contributed by atoms with Crippen LogP contribution in [0.15, 0.2) is 18.2 Å². The highest BCUT2D eigenvalue weighted by molar-refractivity contribution is 5.92. The lowest BCUT2D eigenvalue weighted by atomic mass is 9.91. The summed E-state index contributed by atoms with van der Waals surface area (Å²) in [6.45, 7) is 3.99. The molecule has 1 atom stereocenters. The maximum atomic E-state index is 12.5. The monoisotopic (exact) mass is 378 g/mol. The predicted molar refractivity (Wildman–Crippen MR) is 113 cm³/mol. The number of hydrogen-bond acceptors (Lipinski definition) is 4. The minimum absolute atomic E-state index is 0.0270. The Morgan fingerprint density at radius 3 is 2.79 bits per heavy atom. The van der Waals surface area contributed by atoms with E-state index in [2.05, 4.69) is 17.4 Å². The van der Waals surface area contributed by atoms with Gasteiger partial charge in [-0.25, -0.2) is 9.97 Å². The van der Waals surface area contributed by atoms with Crippen molar-refractivity contribution in [2.45, 2.75) is 65.2 Å². The number of benzene rings is 1. The van der Waals surface area contributed by atoms with Crippen LogP contribution in [0.4, 0.5) is 11.5 Å². The molecule has 1 heterocycles. The molecular formula is C23H30N4O. The predicted octanol–water partition coefficient (Wildman–Crippen LogP) is 4.54. The molecule has 0 bridgehead atoms. The van der Waals surface area contributed by atoms with Gasteiger partial charge >= 0.3 is 0 Å². The topological polar surface area (TPSA) is 80.9 Å². The maximum Gasteiger partial charge on any atom is 0.228 e. The van der Waals surface area contributed by atoms with E-state index < -0.39 is 0 Å². The van der Waals surface area contributed by atoms with Gasteiger partial charge in [0.15, 0.2) is 5.82 Å². The first kappa shape index (κ1) is 18.9. The second kappa shape index (κ2) is 7.90. The molecular weight excluding hydrogens is 348 g/mol. The number of aryl methyl sites for hydroxylation is 2. The number of nitrogens with zero attached hydrogens (tertiary/aromatic N) is 2. The van der Waals surface area contributed by atoms with Gasteiger partial charge < -0.3 is 11.1 Å². The van der Waals surface area contributed by atoms with Gasteiger partial charge in [-0.1, -0.05) is 45.6 Å². The Kier molecular flexibility index (Phi) is 5.33. The number of carbonyl (C=O) groups is 1.